The van der Waals surface area contributed by atoms with Gasteiger partial charge in [-0.15, -0.1) is 0 Å². The highest BCUT2D eigenvalue weighted by atomic mass is 16.5. The average Bonchev–Trinajstić information content (AvgIpc) is 2.37. The standard InChI is InChI=1S/C6H9NO2/c7-4-5(8)6-2-1-3-9-6/h5-6,8H,1-3H2. The minimum absolute atomic E-state index is 0.227. The van der Waals surface area contributed by atoms with Crippen LogP contribution in [0.25, 0.3) is 0 Å². The van der Waals surface area contributed by atoms with Gasteiger partial charge in [-0.2, -0.15) is 5.26 Å². The number of nitrogens with zero attached hydrogens (tertiary/aromatic N) is 1. The Hall–Kier alpha value is -0.590. The van der Waals surface area contributed by atoms with Crippen LogP contribution >= 0.6 is 0 Å². The molecule has 0 bridgehead atoms. The third kappa shape index (κ3) is 1.41. The van der Waals surface area contributed by atoms with Crippen molar-refractivity contribution in [2.45, 2.75) is 25.0 Å². The number of rotatable bonds is 1. The van der Waals surface area contributed by atoms with E-state index in [2.05, 4.69) is 0 Å². The van der Waals surface area contributed by atoms with Crippen LogP contribution in [0.4, 0.5) is 0 Å². The fourth-order valence-corrected chi connectivity index (χ4v) is 0.935. The Bertz CT molecular complexity index is 124. The van der Waals surface area contributed by atoms with Crippen LogP contribution in [0.3, 0.4) is 0 Å². The second kappa shape index (κ2) is 2.81. The van der Waals surface area contributed by atoms with Gasteiger partial charge in [0.05, 0.1) is 12.2 Å². The molecule has 0 aromatic heterocycles. The van der Waals surface area contributed by atoms with Crippen LogP contribution in [-0.4, -0.2) is 23.9 Å². The lowest BCUT2D eigenvalue weighted by Crippen LogP contribution is -2.22. The molecule has 1 saturated heterocycles. The third-order valence-electron chi connectivity index (χ3n) is 1.45. The summed E-state index contributed by atoms with van der Waals surface area (Å²) >= 11 is 0. The first kappa shape index (κ1) is 6.53. The molecule has 3 nitrogen and oxygen atoms in total. The van der Waals surface area contributed by atoms with Crippen molar-refractivity contribution in [1.82, 2.24) is 0 Å². The molecule has 1 aliphatic heterocycles. The maximum Gasteiger partial charge on any atom is 0.166 e. The quantitative estimate of drug-likeness (QED) is 0.506. The van der Waals surface area contributed by atoms with Crippen LogP contribution in [0.5, 0.6) is 0 Å². The highest BCUT2D eigenvalue weighted by molar-refractivity contribution is 4.90. The molecule has 3 heteroatoms. The summed E-state index contributed by atoms with van der Waals surface area (Å²) < 4.78 is 5.03. The molecule has 1 aliphatic rings. The fourth-order valence-electron chi connectivity index (χ4n) is 0.935. The normalized spacial score (nSPS) is 29.6. The van der Waals surface area contributed by atoms with Gasteiger partial charge in [-0.25, -0.2) is 0 Å². The molecule has 0 aliphatic carbocycles. The van der Waals surface area contributed by atoms with Crippen LogP contribution in [-0.2, 0) is 4.74 Å². The SMILES string of the molecule is N#CC(O)C1CCCO1. The molecule has 2 unspecified atom stereocenters. The lowest BCUT2D eigenvalue weighted by Gasteiger charge is -2.08. The summed E-state index contributed by atoms with van der Waals surface area (Å²) in [7, 11) is 0. The van der Waals surface area contributed by atoms with Crippen LogP contribution in [0.1, 0.15) is 12.8 Å². The zero-order valence-electron chi connectivity index (χ0n) is 5.08. The number of aliphatic hydroxyl groups is 1. The predicted octanol–water partition coefficient (Wildman–Crippen LogP) is 0.0499. The van der Waals surface area contributed by atoms with E-state index in [4.69, 9.17) is 15.1 Å². The summed E-state index contributed by atoms with van der Waals surface area (Å²) in [4.78, 5) is 0. The van der Waals surface area contributed by atoms with E-state index < -0.39 is 6.10 Å². The Kier molecular flexibility index (Phi) is 2.04. The molecule has 9 heavy (non-hydrogen) atoms. The summed E-state index contributed by atoms with van der Waals surface area (Å²) in [6.07, 6.45) is 0.625. The Balaban J connectivity index is 2.34. The van der Waals surface area contributed by atoms with Crippen molar-refractivity contribution in [3.8, 4) is 6.07 Å². The molecule has 0 spiro atoms. The predicted molar refractivity (Wildman–Crippen MR) is 30.6 cm³/mol. The molecule has 0 amide bonds. The largest absolute Gasteiger partial charge is 0.375 e. The van der Waals surface area contributed by atoms with E-state index in [0.29, 0.717) is 6.61 Å². The third-order valence-corrected chi connectivity index (χ3v) is 1.45. The first-order valence-electron chi connectivity index (χ1n) is 3.04. The molecule has 1 rings (SSSR count). The lowest BCUT2D eigenvalue weighted by molar-refractivity contribution is 0.0263. The van der Waals surface area contributed by atoms with Gasteiger partial charge in [0.1, 0.15) is 0 Å². The number of ether oxygens (including phenoxy) is 1. The molecule has 0 aromatic carbocycles. The summed E-state index contributed by atoms with van der Waals surface area (Å²) in [6, 6.07) is 1.74. The zero-order chi connectivity index (χ0) is 6.69. The van der Waals surface area contributed by atoms with Gasteiger partial charge >= 0.3 is 0 Å². The van der Waals surface area contributed by atoms with E-state index in [0.717, 1.165) is 12.8 Å². The molecule has 0 radical (unpaired) electrons. The number of nitriles is 1. The van der Waals surface area contributed by atoms with Crippen LogP contribution in [0.15, 0.2) is 0 Å². The van der Waals surface area contributed by atoms with Gasteiger partial charge in [0.25, 0.3) is 0 Å². The van der Waals surface area contributed by atoms with Crippen LogP contribution < -0.4 is 0 Å². The Morgan fingerprint density at radius 2 is 2.56 bits per heavy atom. The molecule has 0 aromatic rings. The van der Waals surface area contributed by atoms with E-state index in [1.807, 2.05) is 0 Å². The van der Waals surface area contributed by atoms with E-state index in [9.17, 15) is 0 Å². The second-order valence-electron chi connectivity index (χ2n) is 2.13. The first-order chi connectivity index (χ1) is 4.34. The van der Waals surface area contributed by atoms with Crippen molar-refractivity contribution in [1.29, 1.82) is 5.26 Å². The van der Waals surface area contributed by atoms with E-state index in [1.165, 1.54) is 0 Å². The van der Waals surface area contributed by atoms with Gasteiger partial charge in [-0.3, -0.25) is 0 Å². The minimum atomic E-state index is -0.924. The highest BCUT2D eigenvalue weighted by Crippen LogP contribution is 2.14. The van der Waals surface area contributed by atoms with Crippen molar-refractivity contribution in [2.75, 3.05) is 6.61 Å². The Morgan fingerprint density at radius 1 is 1.78 bits per heavy atom. The summed E-state index contributed by atoms with van der Waals surface area (Å²) in [6.45, 7) is 0.684. The smallest absolute Gasteiger partial charge is 0.166 e. The molecule has 0 saturated carbocycles. The maximum absolute atomic E-state index is 8.87. The van der Waals surface area contributed by atoms with Gasteiger partial charge in [-0.05, 0) is 12.8 Å². The number of aliphatic hydroxyl groups excluding tert-OH is 1. The van der Waals surface area contributed by atoms with Crippen LogP contribution in [0.2, 0.25) is 0 Å². The van der Waals surface area contributed by atoms with Crippen molar-refractivity contribution >= 4 is 0 Å². The summed E-state index contributed by atoms with van der Waals surface area (Å²) in [5.74, 6) is 0. The van der Waals surface area contributed by atoms with Crippen molar-refractivity contribution in [3.63, 3.8) is 0 Å². The van der Waals surface area contributed by atoms with Crippen molar-refractivity contribution in [2.24, 2.45) is 0 Å². The average molecular weight is 127 g/mol. The minimum Gasteiger partial charge on any atom is -0.375 e. The molecule has 2 atom stereocenters. The molecule has 1 heterocycles. The Morgan fingerprint density at radius 3 is 3.00 bits per heavy atom. The fraction of sp³-hybridized carbons (Fsp3) is 0.833. The second-order valence-corrected chi connectivity index (χ2v) is 2.13. The van der Waals surface area contributed by atoms with E-state index in [-0.39, 0.29) is 6.10 Å². The monoisotopic (exact) mass is 127 g/mol. The lowest BCUT2D eigenvalue weighted by atomic mass is 10.1. The number of hydrogen-bond donors (Lipinski definition) is 1. The van der Waals surface area contributed by atoms with Gasteiger partial charge in [0.15, 0.2) is 6.10 Å². The zero-order valence-corrected chi connectivity index (χ0v) is 5.08. The van der Waals surface area contributed by atoms with Crippen LogP contribution in [0, 0.1) is 11.3 Å². The molecule has 1 N–H and O–H groups in total. The number of hydrogen-bond acceptors (Lipinski definition) is 3. The summed E-state index contributed by atoms with van der Waals surface area (Å²) in [5.41, 5.74) is 0. The Labute approximate surface area is 53.9 Å². The molecular weight excluding hydrogens is 118 g/mol. The summed E-state index contributed by atoms with van der Waals surface area (Å²) in [5, 5.41) is 17.1. The maximum atomic E-state index is 8.87. The van der Waals surface area contributed by atoms with Gasteiger partial charge < -0.3 is 9.84 Å². The first-order valence-corrected chi connectivity index (χ1v) is 3.04. The molecular formula is C6H9NO2. The topological polar surface area (TPSA) is 53.2 Å². The van der Waals surface area contributed by atoms with E-state index in [1.54, 1.807) is 6.07 Å². The van der Waals surface area contributed by atoms with Crippen molar-refractivity contribution in [3.05, 3.63) is 0 Å². The molecule has 1 fully saturated rings. The van der Waals surface area contributed by atoms with Gasteiger partial charge in [0.2, 0.25) is 0 Å². The highest BCUT2D eigenvalue weighted by Gasteiger charge is 2.23. The van der Waals surface area contributed by atoms with Gasteiger partial charge in [-0.1, -0.05) is 0 Å². The van der Waals surface area contributed by atoms with Crippen molar-refractivity contribution < 1.29 is 9.84 Å². The van der Waals surface area contributed by atoms with Gasteiger partial charge in [0, 0.05) is 6.61 Å². The molecule has 50 valence electrons. The van der Waals surface area contributed by atoms with E-state index >= 15 is 0 Å².